The number of carboxylic acids is 2. The van der Waals surface area contributed by atoms with Crippen molar-refractivity contribution < 1.29 is 46.1 Å². The second-order valence-corrected chi connectivity index (χ2v) is 10.7. The zero-order valence-electron chi connectivity index (χ0n) is 24.0. The topological polar surface area (TPSA) is 148 Å². The summed E-state index contributed by atoms with van der Waals surface area (Å²) in [4.78, 5) is 50.0. The number of halogens is 6. The summed E-state index contributed by atoms with van der Waals surface area (Å²) in [5.74, 6) is -4.75. The zero-order valence-corrected chi connectivity index (χ0v) is 24.0. The standard InChI is InChI=1S/C24H27N5O2.2C2HF3O2/c1-17-11-18(2)13-19(12-17)14-27-9-6-24(16-27)7-10-28-21(30)22(31)29(26-23(24)28)15-20-5-3-4-8-25-20;2*3-2(4,5)1(6)7/h3-5,8,11-13H,6-7,9-10,14-16H2,1-2H3;2*(H,6,7). The average molecular weight is 646 g/mol. The molecule has 0 bridgehead atoms. The number of carbonyl (C=O) groups is 2. The van der Waals surface area contributed by atoms with Gasteiger partial charge in [-0.25, -0.2) is 14.3 Å². The summed E-state index contributed by atoms with van der Waals surface area (Å²) in [5, 5.41) is 19.0. The lowest BCUT2D eigenvalue weighted by Gasteiger charge is -2.24. The number of rotatable bonds is 4. The van der Waals surface area contributed by atoms with Crippen LogP contribution in [0.4, 0.5) is 26.3 Å². The van der Waals surface area contributed by atoms with E-state index in [0.29, 0.717) is 6.54 Å². The first kappa shape index (κ1) is 34.9. The molecular formula is C28H29F6N5O6. The molecule has 2 aliphatic rings. The molecule has 0 amide bonds. The molecule has 1 fully saturated rings. The molecule has 45 heavy (non-hydrogen) atoms. The summed E-state index contributed by atoms with van der Waals surface area (Å²) >= 11 is 0. The third kappa shape index (κ3) is 8.99. The van der Waals surface area contributed by atoms with Gasteiger partial charge in [-0.2, -0.15) is 31.4 Å². The van der Waals surface area contributed by atoms with Crippen LogP contribution in [0.3, 0.4) is 0 Å². The van der Waals surface area contributed by atoms with Crippen LogP contribution in [0.1, 0.15) is 41.1 Å². The van der Waals surface area contributed by atoms with Crippen molar-refractivity contribution in [2.75, 3.05) is 13.1 Å². The van der Waals surface area contributed by atoms with E-state index in [4.69, 9.17) is 24.9 Å². The molecule has 11 nitrogen and oxygen atoms in total. The van der Waals surface area contributed by atoms with Crippen molar-refractivity contribution in [1.29, 1.82) is 0 Å². The maximum atomic E-state index is 12.8. The molecule has 1 saturated heterocycles. The highest BCUT2D eigenvalue weighted by molar-refractivity contribution is 5.73. The summed E-state index contributed by atoms with van der Waals surface area (Å²) in [6.07, 6.45) is -6.68. The van der Waals surface area contributed by atoms with Gasteiger partial charge in [-0.3, -0.25) is 24.0 Å². The Hall–Kier alpha value is -4.54. The predicted octanol–water partition coefficient (Wildman–Crippen LogP) is 3.28. The second-order valence-electron chi connectivity index (χ2n) is 10.7. The molecule has 1 spiro atoms. The number of nitrogens with zero attached hydrogens (tertiary/aromatic N) is 5. The number of aryl methyl sites for hydroxylation is 2. The molecule has 2 aromatic heterocycles. The highest BCUT2D eigenvalue weighted by atomic mass is 19.4. The van der Waals surface area contributed by atoms with Crippen molar-refractivity contribution in [3.05, 3.63) is 91.5 Å². The highest BCUT2D eigenvalue weighted by Crippen LogP contribution is 2.40. The number of alkyl halides is 6. The number of hydrogen-bond acceptors (Lipinski definition) is 7. The van der Waals surface area contributed by atoms with Gasteiger partial charge in [-0.1, -0.05) is 35.4 Å². The smallest absolute Gasteiger partial charge is 0.475 e. The first-order valence-electron chi connectivity index (χ1n) is 13.3. The minimum atomic E-state index is -5.08. The second kappa shape index (κ2) is 13.6. The van der Waals surface area contributed by atoms with Crippen LogP contribution in [0.5, 0.6) is 0 Å². The van der Waals surface area contributed by atoms with E-state index in [-0.39, 0.29) is 12.0 Å². The maximum Gasteiger partial charge on any atom is 0.490 e. The molecule has 1 aromatic carbocycles. The Morgan fingerprint density at radius 1 is 0.867 bits per heavy atom. The van der Waals surface area contributed by atoms with Crippen molar-refractivity contribution in [3.63, 3.8) is 0 Å². The fraction of sp³-hybridized carbons (Fsp3) is 0.429. The van der Waals surface area contributed by atoms with Gasteiger partial charge >= 0.3 is 35.4 Å². The first-order valence-corrected chi connectivity index (χ1v) is 13.3. The molecule has 0 radical (unpaired) electrons. The molecule has 1 unspecified atom stereocenters. The maximum absolute atomic E-state index is 12.8. The van der Waals surface area contributed by atoms with Crippen LogP contribution in [0, 0.1) is 13.8 Å². The van der Waals surface area contributed by atoms with Gasteiger partial charge in [0.15, 0.2) is 0 Å². The molecule has 1 atom stereocenters. The Labute approximate surface area is 251 Å². The van der Waals surface area contributed by atoms with E-state index < -0.39 is 35.4 Å². The number of hydrogen-bond donors (Lipinski definition) is 2. The summed E-state index contributed by atoms with van der Waals surface area (Å²) in [6, 6.07) is 12.2. The van der Waals surface area contributed by atoms with Crippen LogP contribution >= 0.6 is 0 Å². The Bertz CT molecular complexity index is 1610. The minimum Gasteiger partial charge on any atom is -0.475 e. The lowest BCUT2D eigenvalue weighted by Crippen LogP contribution is -2.45. The predicted molar refractivity (Wildman–Crippen MR) is 146 cm³/mol. The Kier molecular flexibility index (Phi) is 10.6. The number of pyridine rings is 1. The first-order chi connectivity index (χ1) is 20.8. The lowest BCUT2D eigenvalue weighted by molar-refractivity contribution is -0.193. The molecule has 4 heterocycles. The molecule has 0 saturated carbocycles. The van der Waals surface area contributed by atoms with Crippen LogP contribution in [0.15, 0.2) is 52.2 Å². The summed E-state index contributed by atoms with van der Waals surface area (Å²) in [6.45, 7) is 7.75. The number of carboxylic acid groups (broad SMARTS) is 2. The number of likely N-dealkylation sites (tertiary alicyclic amines) is 1. The Balaban J connectivity index is 0.000000331. The third-order valence-corrected chi connectivity index (χ3v) is 7.07. The highest BCUT2D eigenvalue weighted by Gasteiger charge is 2.47. The lowest BCUT2D eigenvalue weighted by atomic mass is 9.85. The van der Waals surface area contributed by atoms with E-state index in [1.807, 2.05) is 18.2 Å². The van der Waals surface area contributed by atoms with Gasteiger partial charge in [0.25, 0.3) is 0 Å². The number of fused-ring (bicyclic) bond motifs is 2. The minimum absolute atomic E-state index is 0.169. The van der Waals surface area contributed by atoms with Crippen molar-refractivity contribution in [1.82, 2.24) is 24.2 Å². The van der Waals surface area contributed by atoms with Crippen LogP contribution < -0.4 is 11.1 Å². The number of aromatic nitrogens is 4. The molecular weight excluding hydrogens is 616 g/mol. The Morgan fingerprint density at radius 2 is 1.42 bits per heavy atom. The van der Waals surface area contributed by atoms with Gasteiger partial charge in [-0.05, 0) is 50.9 Å². The zero-order chi connectivity index (χ0) is 33.7. The fourth-order valence-corrected chi connectivity index (χ4v) is 5.22. The van der Waals surface area contributed by atoms with E-state index in [1.165, 1.54) is 21.4 Å². The van der Waals surface area contributed by atoms with Gasteiger partial charge in [0.2, 0.25) is 0 Å². The van der Waals surface area contributed by atoms with Crippen molar-refractivity contribution >= 4 is 11.9 Å². The summed E-state index contributed by atoms with van der Waals surface area (Å²) < 4.78 is 66.4. The summed E-state index contributed by atoms with van der Waals surface area (Å²) in [5.41, 5.74) is 3.39. The molecule has 5 rings (SSSR count). The quantitative estimate of drug-likeness (QED) is 0.322. The number of aliphatic carboxylic acids is 2. The van der Waals surface area contributed by atoms with E-state index in [9.17, 15) is 35.9 Å². The van der Waals surface area contributed by atoms with Crippen molar-refractivity contribution in [3.8, 4) is 0 Å². The van der Waals surface area contributed by atoms with Gasteiger partial charge in [0.1, 0.15) is 5.82 Å². The molecule has 3 aromatic rings. The van der Waals surface area contributed by atoms with E-state index in [1.54, 1.807) is 10.8 Å². The molecule has 17 heteroatoms. The number of benzene rings is 1. The molecule has 244 valence electrons. The van der Waals surface area contributed by atoms with E-state index in [0.717, 1.165) is 44.0 Å². The monoisotopic (exact) mass is 645 g/mol. The molecule has 2 aliphatic heterocycles. The Morgan fingerprint density at radius 3 is 1.93 bits per heavy atom. The van der Waals surface area contributed by atoms with Crippen LogP contribution in [0.25, 0.3) is 0 Å². The van der Waals surface area contributed by atoms with Crippen molar-refractivity contribution in [2.24, 2.45) is 0 Å². The van der Waals surface area contributed by atoms with E-state index >= 15 is 0 Å². The summed E-state index contributed by atoms with van der Waals surface area (Å²) in [7, 11) is 0. The SMILES string of the molecule is Cc1cc(C)cc(CN2CCC3(CCn4c3nn(Cc3ccccn3)c(=O)c4=O)C2)c1.O=C(O)C(F)(F)F.O=C(O)C(F)(F)F. The fourth-order valence-electron chi connectivity index (χ4n) is 5.22. The molecule has 0 aliphatic carbocycles. The largest absolute Gasteiger partial charge is 0.490 e. The van der Waals surface area contributed by atoms with Crippen molar-refractivity contribution in [2.45, 2.75) is 64.1 Å². The normalized spacial score (nSPS) is 17.6. The van der Waals surface area contributed by atoms with Gasteiger partial charge < -0.3 is 10.2 Å². The van der Waals surface area contributed by atoms with E-state index in [2.05, 4.69) is 41.9 Å². The van der Waals surface area contributed by atoms with Crippen LogP contribution in [0.2, 0.25) is 0 Å². The van der Waals surface area contributed by atoms with Crippen LogP contribution in [-0.4, -0.2) is 71.8 Å². The molecule has 2 N–H and O–H groups in total. The van der Waals surface area contributed by atoms with Gasteiger partial charge in [0, 0.05) is 31.2 Å². The van der Waals surface area contributed by atoms with Gasteiger partial charge in [0.05, 0.1) is 12.2 Å². The van der Waals surface area contributed by atoms with Gasteiger partial charge in [-0.15, -0.1) is 0 Å². The third-order valence-electron chi connectivity index (χ3n) is 7.07. The average Bonchev–Trinajstić information content (AvgIpc) is 3.50. The van der Waals surface area contributed by atoms with Crippen LogP contribution in [-0.2, 0) is 34.6 Å².